The lowest BCUT2D eigenvalue weighted by molar-refractivity contribution is 0.431. The van der Waals surface area contributed by atoms with Crippen molar-refractivity contribution < 1.29 is 0 Å². The fraction of sp³-hybridized carbons (Fsp3) is 0.733. The summed E-state index contributed by atoms with van der Waals surface area (Å²) in [4.78, 5) is 11.7. The van der Waals surface area contributed by atoms with Crippen molar-refractivity contribution in [3.63, 3.8) is 0 Å². The van der Waals surface area contributed by atoms with Crippen molar-refractivity contribution in [2.24, 2.45) is 0 Å². The molecule has 1 aromatic heterocycles. The third kappa shape index (κ3) is 3.37. The summed E-state index contributed by atoms with van der Waals surface area (Å²) >= 11 is 0. The number of aryl methyl sites for hydroxylation is 1. The predicted molar refractivity (Wildman–Crippen MR) is 80.8 cm³/mol. The molecule has 4 nitrogen and oxygen atoms in total. The molecule has 1 aromatic rings. The van der Waals surface area contributed by atoms with E-state index < -0.39 is 0 Å². The highest BCUT2D eigenvalue weighted by atomic mass is 15.2. The zero-order valence-electron chi connectivity index (χ0n) is 12.4. The quantitative estimate of drug-likeness (QED) is 0.884. The van der Waals surface area contributed by atoms with Gasteiger partial charge in [0.25, 0.3) is 0 Å². The van der Waals surface area contributed by atoms with Gasteiger partial charge in [-0.1, -0.05) is 20.3 Å². The first-order chi connectivity index (χ1) is 9.28. The molecule has 1 N–H and O–H groups in total. The molecule has 0 amide bonds. The SMILES string of the molecule is CCCC1CCCCN1c1cc(NC)nc(CC)n1. The van der Waals surface area contributed by atoms with Crippen molar-refractivity contribution in [3.8, 4) is 0 Å². The van der Waals surface area contributed by atoms with Crippen LogP contribution in [0.1, 0.15) is 51.8 Å². The molecule has 0 aromatic carbocycles. The molecule has 1 unspecified atom stereocenters. The van der Waals surface area contributed by atoms with E-state index >= 15 is 0 Å². The maximum Gasteiger partial charge on any atom is 0.134 e. The van der Waals surface area contributed by atoms with Crippen LogP contribution < -0.4 is 10.2 Å². The van der Waals surface area contributed by atoms with Crippen molar-refractivity contribution in [2.75, 3.05) is 23.8 Å². The number of nitrogens with one attached hydrogen (secondary N) is 1. The number of rotatable bonds is 5. The monoisotopic (exact) mass is 262 g/mol. The van der Waals surface area contributed by atoms with Gasteiger partial charge in [0.15, 0.2) is 0 Å². The van der Waals surface area contributed by atoms with Crippen LogP contribution >= 0.6 is 0 Å². The summed E-state index contributed by atoms with van der Waals surface area (Å²) in [6.07, 6.45) is 7.32. The van der Waals surface area contributed by atoms with E-state index in [-0.39, 0.29) is 0 Å². The highest BCUT2D eigenvalue weighted by Gasteiger charge is 2.23. The molecule has 0 aliphatic carbocycles. The fourth-order valence-electron chi connectivity index (χ4n) is 2.85. The number of piperidine rings is 1. The lowest BCUT2D eigenvalue weighted by Crippen LogP contribution is -2.40. The number of aromatic nitrogens is 2. The lowest BCUT2D eigenvalue weighted by Gasteiger charge is -2.37. The lowest BCUT2D eigenvalue weighted by atomic mass is 9.98. The molecule has 0 saturated carbocycles. The topological polar surface area (TPSA) is 41.0 Å². The third-order valence-electron chi connectivity index (χ3n) is 3.87. The van der Waals surface area contributed by atoms with Gasteiger partial charge in [-0.05, 0) is 25.7 Å². The van der Waals surface area contributed by atoms with Gasteiger partial charge in [-0.2, -0.15) is 0 Å². The fourth-order valence-corrected chi connectivity index (χ4v) is 2.85. The smallest absolute Gasteiger partial charge is 0.134 e. The summed E-state index contributed by atoms with van der Waals surface area (Å²) in [6.45, 7) is 5.51. The Kier molecular flexibility index (Phi) is 5.00. The number of hydrogen-bond acceptors (Lipinski definition) is 4. The van der Waals surface area contributed by atoms with E-state index in [1.807, 2.05) is 7.05 Å². The maximum atomic E-state index is 4.73. The highest BCUT2D eigenvalue weighted by molar-refractivity contribution is 5.50. The van der Waals surface area contributed by atoms with Crippen LogP contribution in [0.2, 0.25) is 0 Å². The molecule has 1 atom stereocenters. The number of hydrogen-bond donors (Lipinski definition) is 1. The van der Waals surface area contributed by atoms with Crippen molar-refractivity contribution in [1.82, 2.24) is 9.97 Å². The molecule has 4 heteroatoms. The second kappa shape index (κ2) is 6.73. The van der Waals surface area contributed by atoms with Crippen LogP contribution in [0.25, 0.3) is 0 Å². The molecule has 19 heavy (non-hydrogen) atoms. The third-order valence-corrected chi connectivity index (χ3v) is 3.87. The molecule has 1 aliphatic rings. The first kappa shape index (κ1) is 14.1. The summed E-state index contributed by atoms with van der Waals surface area (Å²) in [5.74, 6) is 2.97. The summed E-state index contributed by atoms with van der Waals surface area (Å²) < 4.78 is 0. The maximum absolute atomic E-state index is 4.73. The average molecular weight is 262 g/mol. The molecular weight excluding hydrogens is 236 g/mol. The number of nitrogens with zero attached hydrogens (tertiary/aromatic N) is 3. The molecule has 1 aliphatic heterocycles. The summed E-state index contributed by atoms with van der Waals surface area (Å²) in [7, 11) is 1.92. The normalized spacial score (nSPS) is 19.5. The van der Waals surface area contributed by atoms with Gasteiger partial charge in [0.05, 0.1) is 0 Å². The van der Waals surface area contributed by atoms with Crippen LogP contribution in [0.4, 0.5) is 11.6 Å². The average Bonchev–Trinajstić information content (AvgIpc) is 2.47. The van der Waals surface area contributed by atoms with Crippen LogP contribution in [0.3, 0.4) is 0 Å². The van der Waals surface area contributed by atoms with Crippen molar-refractivity contribution >= 4 is 11.6 Å². The van der Waals surface area contributed by atoms with Crippen LogP contribution in [0.15, 0.2) is 6.07 Å². The van der Waals surface area contributed by atoms with Crippen molar-refractivity contribution in [3.05, 3.63) is 11.9 Å². The van der Waals surface area contributed by atoms with Crippen LogP contribution in [0.5, 0.6) is 0 Å². The van der Waals surface area contributed by atoms with Gasteiger partial charge in [0, 0.05) is 32.1 Å². The molecule has 1 saturated heterocycles. The Labute approximate surface area is 116 Å². The van der Waals surface area contributed by atoms with Gasteiger partial charge in [0.1, 0.15) is 17.5 Å². The van der Waals surface area contributed by atoms with Gasteiger partial charge in [-0.25, -0.2) is 9.97 Å². The Morgan fingerprint density at radius 2 is 2.16 bits per heavy atom. The van der Waals surface area contributed by atoms with E-state index in [1.54, 1.807) is 0 Å². The minimum Gasteiger partial charge on any atom is -0.373 e. The van der Waals surface area contributed by atoms with Crippen molar-refractivity contribution in [2.45, 2.75) is 58.4 Å². The standard InChI is InChI=1S/C15H26N4/c1-4-8-12-9-6-7-10-19(12)15-11-14(16-3)17-13(5-2)18-15/h11-12H,4-10H2,1-3H3,(H,16,17,18). The minimum atomic E-state index is 0.656. The van der Waals surface area contributed by atoms with E-state index in [9.17, 15) is 0 Å². The van der Waals surface area contributed by atoms with E-state index in [1.165, 1.54) is 32.1 Å². The Morgan fingerprint density at radius 1 is 1.32 bits per heavy atom. The zero-order valence-corrected chi connectivity index (χ0v) is 12.4. The van der Waals surface area contributed by atoms with E-state index in [2.05, 4.69) is 35.1 Å². The minimum absolute atomic E-state index is 0.656. The molecule has 0 spiro atoms. The summed E-state index contributed by atoms with van der Waals surface area (Å²) in [5, 5.41) is 3.15. The molecule has 0 radical (unpaired) electrons. The molecule has 106 valence electrons. The zero-order chi connectivity index (χ0) is 13.7. The summed E-state index contributed by atoms with van der Waals surface area (Å²) in [6, 6.07) is 2.75. The molecular formula is C15H26N4. The first-order valence-electron chi connectivity index (χ1n) is 7.60. The van der Waals surface area contributed by atoms with Gasteiger partial charge >= 0.3 is 0 Å². The van der Waals surface area contributed by atoms with Crippen LogP contribution in [-0.4, -0.2) is 29.6 Å². The van der Waals surface area contributed by atoms with E-state index in [4.69, 9.17) is 4.98 Å². The predicted octanol–water partition coefficient (Wildman–Crippen LogP) is 3.24. The van der Waals surface area contributed by atoms with E-state index in [0.29, 0.717) is 6.04 Å². The molecule has 0 bridgehead atoms. The van der Waals surface area contributed by atoms with Gasteiger partial charge < -0.3 is 10.2 Å². The highest BCUT2D eigenvalue weighted by Crippen LogP contribution is 2.27. The van der Waals surface area contributed by atoms with Crippen LogP contribution in [-0.2, 0) is 6.42 Å². The van der Waals surface area contributed by atoms with Crippen LogP contribution in [0, 0.1) is 0 Å². The Morgan fingerprint density at radius 3 is 2.84 bits per heavy atom. The second-order valence-electron chi connectivity index (χ2n) is 5.26. The summed E-state index contributed by atoms with van der Waals surface area (Å²) in [5.41, 5.74) is 0. The van der Waals surface area contributed by atoms with Gasteiger partial charge in [-0.15, -0.1) is 0 Å². The Balaban J connectivity index is 2.26. The Bertz CT molecular complexity index is 381. The van der Waals surface area contributed by atoms with Gasteiger partial charge in [-0.3, -0.25) is 0 Å². The van der Waals surface area contributed by atoms with E-state index in [0.717, 1.165) is 30.4 Å². The molecule has 1 fully saturated rings. The molecule has 2 heterocycles. The molecule has 2 rings (SSSR count). The first-order valence-corrected chi connectivity index (χ1v) is 7.60. The van der Waals surface area contributed by atoms with Gasteiger partial charge in [0.2, 0.25) is 0 Å². The number of anilines is 2. The Hall–Kier alpha value is -1.32. The van der Waals surface area contributed by atoms with Crippen molar-refractivity contribution in [1.29, 1.82) is 0 Å². The largest absolute Gasteiger partial charge is 0.373 e. The second-order valence-corrected chi connectivity index (χ2v) is 5.26.